The minimum Gasteiger partial charge on any atom is -0.382 e. The number of benzene rings is 1. The summed E-state index contributed by atoms with van der Waals surface area (Å²) in [6, 6.07) is 2.87. The van der Waals surface area contributed by atoms with Crippen LogP contribution in [0.4, 0.5) is 21.0 Å². The summed E-state index contributed by atoms with van der Waals surface area (Å²) in [4.78, 5) is 18.5. The predicted molar refractivity (Wildman–Crippen MR) is 87.6 cm³/mol. The molecule has 0 aliphatic carbocycles. The molecule has 1 amide bonds. The van der Waals surface area contributed by atoms with E-state index in [0.717, 1.165) is 0 Å². The predicted octanol–water partition coefficient (Wildman–Crippen LogP) is 3.25. The van der Waals surface area contributed by atoms with Gasteiger partial charge in [-0.1, -0.05) is 11.3 Å². The standard InChI is InChI=1S/C13H14BrFN4OS/c1-6-4-8(15)7(14)5-9(6)17-12(20)10-11(16)18-13(21-10)19(2)3/h4-5H,16H2,1-3H3,(H,17,20). The van der Waals surface area contributed by atoms with E-state index in [2.05, 4.69) is 26.2 Å². The average Bonchev–Trinajstić information content (AvgIpc) is 2.78. The van der Waals surface area contributed by atoms with Gasteiger partial charge in [-0.15, -0.1) is 0 Å². The van der Waals surface area contributed by atoms with Crippen molar-refractivity contribution in [2.75, 3.05) is 30.0 Å². The second-order valence-corrected chi connectivity index (χ2v) is 6.47. The van der Waals surface area contributed by atoms with Crippen LogP contribution in [-0.4, -0.2) is 25.0 Å². The fourth-order valence-electron chi connectivity index (χ4n) is 1.63. The maximum atomic E-state index is 13.4. The van der Waals surface area contributed by atoms with Gasteiger partial charge in [-0.3, -0.25) is 4.79 Å². The van der Waals surface area contributed by atoms with Gasteiger partial charge < -0.3 is 16.0 Å². The molecule has 3 N–H and O–H groups in total. The molecule has 1 aromatic heterocycles. The van der Waals surface area contributed by atoms with Gasteiger partial charge in [0.2, 0.25) is 0 Å². The van der Waals surface area contributed by atoms with Gasteiger partial charge in [-0.25, -0.2) is 9.37 Å². The summed E-state index contributed by atoms with van der Waals surface area (Å²) in [6.45, 7) is 1.71. The fourth-order valence-corrected chi connectivity index (χ4v) is 2.78. The minimum absolute atomic E-state index is 0.181. The molecule has 0 aliphatic rings. The average molecular weight is 373 g/mol. The first kappa shape index (κ1) is 15.7. The van der Waals surface area contributed by atoms with Crippen LogP contribution in [0.2, 0.25) is 0 Å². The third-order valence-corrected chi connectivity index (χ3v) is 4.59. The van der Waals surface area contributed by atoms with Crippen molar-refractivity contribution in [2.24, 2.45) is 0 Å². The van der Waals surface area contributed by atoms with Crippen LogP contribution in [0.3, 0.4) is 0 Å². The van der Waals surface area contributed by atoms with Crippen LogP contribution in [0.25, 0.3) is 0 Å². The van der Waals surface area contributed by atoms with Gasteiger partial charge >= 0.3 is 0 Å². The molecule has 5 nitrogen and oxygen atoms in total. The van der Waals surface area contributed by atoms with Crippen molar-refractivity contribution in [1.29, 1.82) is 0 Å². The first-order valence-corrected chi connectivity index (χ1v) is 7.61. The summed E-state index contributed by atoms with van der Waals surface area (Å²) < 4.78 is 13.7. The number of halogens is 2. The zero-order valence-electron chi connectivity index (χ0n) is 11.7. The Morgan fingerprint density at radius 3 is 2.71 bits per heavy atom. The number of thiazole rings is 1. The van der Waals surface area contributed by atoms with Crippen LogP contribution in [0, 0.1) is 12.7 Å². The second-order valence-electron chi connectivity index (χ2n) is 4.64. The maximum absolute atomic E-state index is 13.4. The van der Waals surface area contributed by atoms with E-state index >= 15 is 0 Å². The molecule has 1 aromatic carbocycles. The Morgan fingerprint density at radius 2 is 2.14 bits per heavy atom. The van der Waals surface area contributed by atoms with Crippen molar-refractivity contribution in [3.05, 3.63) is 32.9 Å². The monoisotopic (exact) mass is 372 g/mol. The highest BCUT2D eigenvalue weighted by Gasteiger charge is 2.18. The molecule has 0 saturated heterocycles. The van der Waals surface area contributed by atoms with Crippen molar-refractivity contribution >= 4 is 49.8 Å². The molecule has 21 heavy (non-hydrogen) atoms. The van der Waals surface area contributed by atoms with Crippen LogP contribution >= 0.6 is 27.3 Å². The van der Waals surface area contributed by atoms with E-state index in [9.17, 15) is 9.18 Å². The van der Waals surface area contributed by atoms with E-state index in [4.69, 9.17) is 5.73 Å². The van der Waals surface area contributed by atoms with Crippen molar-refractivity contribution < 1.29 is 9.18 Å². The summed E-state index contributed by atoms with van der Waals surface area (Å²) in [5.41, 5.74) is 6.91. The smallest absolute Gasteiger partial charge is 0.269 e. The van der Waals surface area contributed by atoms with Gasteiger partial charge in [0.1, 0.15) is 16.5 Å². The molecule has 2 aromatic rings. The number of rotatable bonds is 3. The molecule has 0 bridgehead atoms. The van der Waals surface area contributed by atoms with Gasteiger partial charge in [0.05, 0.1) is 4.47 Å². The number of aryl methyl sites for hydroxylation is 1. The van der Waals surface area contributed by atoms with E-state index in [1.54, 1.807) is 11.8 Å². The zero-order chi connectivity index (χ0) is 15.7. The third kappa shape index (κ3) is 3.33. The Balaban J connectivity index is 2.28. The highest BCUT2D eigenvalue weighted by atomic mass is 79.9. The fraction of sp³-hybridized carbons (Fsp3) is 0.231. The van der Waals surface area contributed by atoms with Crippen LogP contribution in [-0.2, 0) is 0 Å². The Labute approximate surface area is 134 Å². The molecular weight excluding hydrogens is 359 g/mol. The molecule has 0 spiro atoms. The van der Waals surface area contributed by atoms with Gasteiger partial charge in [0.25, 0.3) is 5.91 Å². The SMILES string of the molecule is Cc1cc(F)c(Br)cc1NC(=O)c1sc(N(C)C)nc1N. The molecule has 0 radical (unpaired) electrons. The second kappa shape index (κ2) is 5.98. The lowest BCUT2D eigenvalue weighted by Gasteiger charge is -2.09. The van der Waals surface area contributed by atoms with Crippen LogP contribution in [0.1, 0.15) is 15.2 Å². The minimum atomic E-state index is -0.377. The lowest BCUT2D eigenvalue weighted by molar-refractivity contribution is 0.103. The first-order chi connectivity index (χ1) is 9.79. The number of nitrogens with one attached hydrogen (secondary N) is 1. The topological polar surface area (TPSA) is 71.2 Å². The number of nitrogens with zero attached hydrogens (tertiary/aromatic N) is 2. The number of carbonyl (C=O) groups excluding carboxylic acids is 1. The lowest BCUT2D eigenvalue weighted by Crippen LogP contribution is -2.13. The Bertz CT molecular complexity index is 702. The van der Waals surface area contributed by atoms with Gasteiger partial charge in [0, 0.05) is 19.8 Å². The molecule has 2 rings (SSSR count). The number of carbonyl (C=O) groups is 1. The summed E-state index contributed by atoms with van der Waals surface area (Å²) >= 11 is 4.30. The quantitative estimate of drug-likeness (QED) is 0.867. The third-order valence-electron chi connectivity index (χ3n) is 2.75. The Morgan fingerprint density at radius 1 is 1.48 bits per heavy atom. The summed E-state index contributed by atoms with van der Waals surface area (Å²) in [5.74, 6) is -0.558. The molecule has 0 atom stereocenters. The van der Waals surface area contributed by atoms with Crippen molar-refractivity contribution in [3.63, 3.8) is 0 Å². The summed E-state index contributed by atoms with van der Waals surface area (Å²) in [6.07, 6.45) is 0. The molecule has 1 heterocycles. The van der Waals surface area contributed by atoms with Gasteiger partial charge in [0.15, 0.2) is 5.13 Å². The van der Waals surface area contributed by atoms with Crippen molar-refractivity contribution in [2.45, 2.75) is 6.92 Å². The maximum Gasteiger partial charge on any atom is 0.269 e. The summed E-state index contributed by atoms with van der Waals surface area (Å²) in [7, 11) is 3.64. The van der Waals surface area contributed by atoms with E-state index in [-0.39, 0.29) is 22.0 Å². The van der Waals surface area contributed by atoms with E-state index < -0.39 is 0 Å². The number of hydrogen-bond acceptors (Lipinski definition) is 5. The number of anilines is 3. The first-order valence-electron chi connectivity index (χ1n) is 6.00. The summed E-state index contributed by atoms with van der Waals surface area (Å²) in [5, 5.41) is 3.37. The van der Waals surface area contributed by atoms with Crippen LogP contribution < -0.4 is 16.0 Å². The number of aromatic nitrogens is 1. The van der Waals surface area contributed by atoms with E-state index in [1.165, 1.54) is 23.5 Å². The van der Waals surface area contributed by atoms with Crippen LogP contribution in [0.15, 0.2) is 16.6 Å². The molecule has 112 valence electrons. The molecule has 0 fully saturated rings. The Hall–Kier alpha value is -1.67. The molecule has 0 unspecified atom stereocenters. The highest BCUT2D eigenvalue weighted by molar-refractivity contribution is 9.10. The van der Waals surface area contributed by atoms with E-state index in [0.29, 0.717) is 21.3 Å². The lowest BCUT2D eigenvalue weighted by atomic mass is 10.2. The van der Waals surface area contributed by atoms with Crippen LogP contribution in [0.5, 0.6) is 0 Å². The number of nitrogens with two attached hydrogens (primary N) is 1. The van der Waals surface area contributed by atoms with Crippen molar-refractivity contribution in [1.82, 2.24) is 4.98 Å². The molecule has 0 saturated carbocycles. The van der Waals surface area contributed by atoms with Gasteiger partial charge in [-0.2, -0.15) is 0 Å². The number of nitrogen functional groups attached to an aromatic ring is 1. The van der Waals surface area contributed by atoms with Crippen molar-refractivity contribution in [3.8, 4) is 0 Å². The number of amides is 1. The number of hydrogen-bond donors (Lipinski definition) is 2. The Kier molecular flexibility index (Phi) is 4.48. The molecule has 0 aliphatic heterocycles. The highest BCUT2D eigenvalue weighted by Crippen LogP contribution is 2.29. The largest absolute Gasteiger partial charge is 0.382 e. The zero-order valence-corrected chi connectivity index (χ0v) is 14.1. The molecular formula is C13H14BrFN4OS. The van der Waals surface area contributed by atoms with Gasteiger partial charge in [-0.05, 0) is 40.5 Å². The molecule has 8 heteroatoms. The normalized spacial score (nSPS) is 10.5. The van der Waals surface area contributed by atoms with E-state index in [1.807, 2.05) is 14.1 Å².